The van der Waals surface area contributed by atoms with Gasteiger partial charge < -0.3 is 4.98 Å². The van der Waals surface area contributed by atoms with Crippen molar-refractivity contribution in [2.45, 2.75) is 51.4 Å². The first-order valence-electron chi connectivity index (χ1n) is 11.6. The minimum Gasteiger partial charge on any atom is -0.304 e. The predicted octanol–water partition coefficient (Wildman–Crippen LogP) is 7.28. The van der Waals surface area contributed by atoms with Crippen LogP contribution < -0.4 is 0 Å². The second kappa shape index (κ2) is 7.76. The molecule has 33 heavy (non-hydrogen) atoms. The number of fused-ring (bicyclic) bond motifs is 5. The Morgan fingerprint density at radius 1 is 0.727 bits per heavy atom. The van der Waals surface area contributed by atoms with E-state index in [1.165, 1.54) is 44.5 Å². The van der Waals surface area contributed by atoms with Crippen LogP contribution in [0.1, 0.15) is 61.1 Å². The molecule has 2 aliphatic rings. The normalized spacial score (nSPS) is 16.5. The van der Waals surface area contributed by atoms with Crippen molar-refractivity contribution in [3.05, 3.63) is 112 Å². The van der Waals surface area contributed by atoms with Crippen LogP contribution in [0.25, 0.3) is 22.4 Å². The maximum Gasteiger partial charge on any atom is 0.0167 e. The van der Waals surface area contributed by atoms with Crippen molar-refractivity contribution in [3.63, 3.8) is 0 Å². The Labute approximate surface area is 210 Å². The summed E-state index contributed by atoms with van der Waals surface area (Å²) in [6.45, 7) is 9.39. The van der Waals surface area contributed by atoms with E-state index in [-0.39, 0.29) is 30.9 Å². The van der Waals surface area contributed by atoms with Crippen LogP contribution in [-0.2, 0) is 43.8 Å². The molecule has 167 valence electrons. The molecule has 0 amide bonds. The smallest absolute Gasteiger partial charge is 0.0167 e. The van der Waals surface area contributed by atoms with E-state index in [4.69, 9.17) is 4.98 Å². The zero-order valence-corrected chi connectivity index (χ0v) is 22.0. The fourth-order valence-corrected chi connectivity index (χ4v) is 6.02. The van der Waals surface area contributed by atoms with Crippen molar-refractivity contribution in [2.75, 3.05) is 0 Å². The number of pyridine rings is 1. The predicted molar refractivity (Wildman–Crippen MR) is 132 cm³/mol. The SMILES string of the molecule is CC1(C)c2c[c-]c(-c3nccc4c3CCc3ccccc3-4)cc2C(C)(C)c2ccccc21.[Ir]. The van der Waals surface area contributed by atoms with Crippen LogP contribution >= 0.6 is 0 Å². The topological polar surface area (TPSA) is 12.9 Å². The van der Waals surface area contributed by atoms with E-state index < -0.39 is 0 Å². The molecule has 3 aromatic carbocycles. The van der Waals surface area contributed by atoms with Gasteiger partial charge in [-0.25, -0.2) is 0 Å². The van der Waals surface area contributed by atoms with Crippen LogP contribution in [0, 0.1) is 6.07 Å². The minimum absolute atomic E-state index is 0. The van der Waals surface area contributed by atoms with Crippen LogP contribution in [0.5, 0.6) is 0 Å². The maximum absolute atomic E-state index is 4.88. The van der Waals surface area contributed by atoms with Gasteiger partial charge in [-0.1, -0.05) is 81.8 Å². The van der Waals surface area contributed by atoms with Gasteiger partial charge in [-0.05, 0) is 63.2 Å². The largest absolute Gasteiger partial charge is 0.304 e. The molecule has 0 saturated heterocycles. The molecule has 1 aromatic heterocycles. The Bertz CT molecular complexity index is 1380. The quantitative estimate of drug-likeness (QED) is 0.208. The molecule has 1 radical (unpaired) electrons. The van der Waals surface area contributed by atoms with Crippen LogP contribution in [0.15, 0.2) is 72.9 Å². The van der Waals surface area contributed by atoms with E-state index in [1.54, 1.807) is 0 Å². The van der Waals surface area contributed by atoms with Crippen molar-refractivity contribution in [1.29, 1.82) is 0 Å². The van der Waals surface area contributed by atoms with E-state index in [0.29, 0.717) is 0 Å². The Morgan fingerprint density at radius 3 is 2.15 bits per heavy atom. The molecule has 0 fully saturated rings. The fourth-order valence-electron chi connectivity index (χ4n) is 6.02. The Kier molecular flexibility index (Phi) is 5.23. The van der Waals surface area contributed by atoms with Gasteiger partial charge in [-0.2, -0.15) is 0 Å². The second-order valence-electron chi connectivity index (χ2n) is 10.3. The molecular weight excluding hydrogens is 579 g/mol. The average Bonchev–Trinajstić information content (AvgIpc) is 2.82. The van der Waals surface area contributed by atoms with Crippen LogP contribution in [0.3, 0.4) is 0 Å². The summed E-state index contributed by atoms with van der Waals surface area (Å²) in [5.41, 5.74) is 13.2. The second-order valence-corrected chi connectivity index (χ2v) is 10.3. The number of benzene rings is 3. The van der Waals surface area contributed by atoms with Gasteiger partial charge in [-0.3, -0.25) is 0 Å². The van der Waals surface area contributed by atoms with Gasteiger partial charge in [-0.15, -0.1) is 34.9 Å². The third kappa shape index (κ3) is 3.19. The summed E-state index contributed by atoms with van der Waals surface area (Å²) in [7, 11) is 0. The van der Waals surface area contributed by atoms with Crippen LogP contribution in [-0.4, -0.2) is 4.98 Å². The molecule has 2 heteroatoms. The first kappa shape index (κ1) is 22.3. The van der Waals surface area contributed by atoms with Gasteiger partial charge in [0, 0.05) is 26.3 Å². The van der Waals surface area contributed by atoms with Gasteiger partial charge >= 0.3 is 0 Å². The molecule has 0 unspecified atom stereocenters. The molecule has 1 heterocycles. The Morgan fingerprint density at radius 2 is 1.39 bits per heavy atom. The molecule has 0 saturated carbocycles. The van der Waals surface area contributed by atoms with Gasteiger partial charge in [0.05, 0.1) is 0 Å². The van der Waals surface area contributed by atoms with E-state index in [1.807, 2.05) is 6.20 Å². The number of aromatic nitrogens is 1. The summed E-state index contributed by atoms with van der Waals surface area (Å²) in [4.78, 5) is 4.88. The minimum atomic E-state index is -0.0628. The molecular formula is C31H28IrN-. The third-order valence-corrected chi connectivity index (χ3v) is 7.83. The van der Waals surface area contributed by atoms with Gasteiger partial charge in [0.2, 0.25) is 0 Å². The van der Waals surface area contributed by atoms with Crippen molar-refractivity contribution in [3.8, 4) is 22.4 Å². The number of hydrogen-bond donors (Lipinski definition) is 0. The van der Waals surface area contributed by atoms with Crippen LogP contribution in [0.4, 0.5) is 0 Å². The van der Waals surface area contributed by atoms with E-state index in [9.17, 15) is 0 Å². The molecule has 0 N–H and O–H groups in total. The molecule has 1 nitrogen and oxygen atoms in total. The van der Waals surface area contributed by atoms with Crippen LogP contribution in [0.2, 0.25) is 0 Å². The first-order chi connectivity index (χ1) is 15.4. The summed E-state index contributed by atoms with van der Waals surface area (Å²) >= 11 is 0. The molecule has 4 aromatic rings. The molecule has 6 rings (SSSR count). The summed E-state index contributed by atoms with van der Waals surface area (Å²) in [5.74, 6) is 0. The molecule has 0 spiro atoms. The van der Waals surface area contributed by atoms with Crippen molar-refractivity contribution in [2.24, 2.45) is 0 Å². The maximum atomic E-state index is 4.88. The number of nitrogens with zero attached hydrogens (tertiary/aromatic N) is 1. The van der Waals surface area contributed by atoms with E-state index in [2.05, 4.69) is 100 Å². The van der Waals surface area contributed by atoms with Crippen molar-refractivity contribution >= 4 is 0 Å². The first-order valence-corrected chi connectivity index (χ1v) is 11.6. The summed E-state index contributed by atoms with van der Waals surface area (Å²) in [5, 5.41) is 0. The number of aryl methyl sites for hydroxylation is 1. The molecule has 0 aliphatic heterocycles. The Hall–Kier alpha value is -2.54. The zero-order chi connectivity index (χ0) is 22.1. The summed E-state index contributed by atoms with van der Waals surface area (Å²) in [6, 6.07) is 28.1. The standard InChI is InChI=1S/C31H28N.Ir/c1-30(2)25-11-7-8-12-26(25)31(3,4)28-19-21(14-16-27(28)30)29-24-15-13-20-9-5-6-10-22(20)23(24)17-18-32-29;/h5-12,16-19H,13,15H2,1-4H3;/q-1;. The Balaban J connectivity index is 0.00000228. The monoisotopic (exact) mass is 607 g/mol. The number of hydrogen-bond acceptors (Lipinski definition) is 1. The van der Waals surface area contributed by atoms with E-state index in [0.717, 1.165) is 24.1 Å². The average molecular weight is 607 g/mol. The molecule has 0 bridgehead atoms. The van der Waals surface area contributed by atoms with E-state index >= 15 is 0 Å². The summed E-state index contributed by atoms with van der Waals surface area (Å²) in [6.07, 6.45) is 4.06. The third-order valence-electron chi connectivity index (χ3n) is 7.83. The molecule has 2 aliphatic carbocycles. The summed E-state index contributed by atoms with van der Waals surface area (Å²) < 4.78 is 0. The van der Waals surface area contributed by atoms with Gasteiger partial charge in [0.25, 0.3) is 0 Å². The van der Waals surface area contributed by atoms with Gasteiger partial charge in [0.15, 0.2) is 0 Å². The molecule has 0 atom stereocenters. The fraction of sp³-hybridized carbons (Fsp3) is 0.258. The van der Waals surface area contributed by atoms with Gasteiger partial charge in [0.1, 0.15) is 0 Å². The van der Waals surface area contributed by atoms with Crippen molar-refractivity contribution < 1.29 is 20.1 Å². The number of rotatable bonds is 1. The van der Waals surface area contributed by atoms with Crippen molar-refractivity contribution in [1.82, 2.24) is 4.98 Å². The zero-order valence-electron chi connectivity index (χ0n) is 19.6.